The molecule has 0 radical (unpaired) electrons. The molecule has 0 aliphatic rings. The zero-order valence-electron chi connectivity index (χ0n) is 15.3. The molecule has 1 heterocycles. The number of nitrogens with zero attached hydrogens (tertiary/aromatic N) is 1. The summed E-state index contributed by atoms with van der Waals surface area (Å²) in [6.07, 6.45) is 0. The van der Waals surface area contributed by atoms with Gasteiger partial charge < -0.3 is 15.0 Å². The number of rotatable bonds is 4. The molecular formula is C20H20Cl2N2O3. The van der Waals surface area contributed by atoms with Crippen LogP contribution in [-0.2, 0) is 11.3 Å². The molecule has 0 amide bonds. The SMILES string of the molecule is CC(C)(C)CNc1ccc2c(=O)c3ccc(Cl)c(Cl)c3n(CC(=O)O)c2c1. The minimum Gasteiger partial charge on any atom is -0.480 e. The van der Waals surface area contributed by atoms with Gasteiger partial charge >= 0.3 is 5.97 Å². The number of benzene rings is 2. The van der Waals surface area contributed by atoms with E-state index >= 15 is 0 Å². The van der Waals surface area contributed by atoms with Crippen LogP contribution in [0.2, 0.25) is 10.0 Å². The van der Waals surface area contributed by atoms with Gasteiger partial charge in [0, 0.05) is 23.0 Å². The van der Waals surface area contributed by atoms with Crippen LogP contribution in [0.4, 0.5) is 5.69 Å². The first-order valence-corrected chi connectivity index (χ1v) is 9.24. The predicted octanol–water partition coefficient (Wildman–Crippen LogP) is 5.00. The van der Waals surface area contributed by atoms with E-state index in [2.05, 4.69) is 26.1 Å². The number of aromatic nitrogens is 1. The maximum atomic E-state index is 12.9. The molecule has 2 aromatic carbocycles. The van der Waals surface area contributed by atoms with Crippen LogP contribution in [0.5, 0.6) is 0 Å². The molecule has 0 spiro atoms. The van der Waals surface area contributed by atoms with E-state index < -0.39 is 5.97 Å². The highest BCUT2D eigenvalue weighted by Crippen LogP contribution is 2.32. The normalized spacial score (nSPS) is 11.9. The lowest BCUT2D eigenvalue weighted by Crippen LogP contribution is -2.20. The molecule has 0 aliphatic heterocycles. The van der Waals surface area contributed by atoms with Crippen molar-refractivity contribution in [1.29, 1.82) is 0 Å². The molecule has 3 rings (SSSR count). The van der Waals surface area contributed by atoms with Gasteiger partial charge in [-0.1, -0.05) is 44.0 Å². The topological polar surface area (TPSA) is 71.3 Å². The smallest absolute Gasteiger partial charge is 0.323 e. The number of carbonyl (C=O) groups is 1. The molecule has 1 aromatic heterocycles. The van der Waals surface area contributed by atoms with Crippen molar-refractivity contribution < 1.29 is 9.90 Å². The van der Waals surface area contributed by atoms with Gasteiger partial charge in [-0.3, -0.25) is 9.59 Å². The van der Waals surface area contributed by atoms with Gasteiger partial charge in [0.15, 0.2) is 5.43 Å². The number of anilines is 1. The van der Waals surface area contributed by atoms with Gasteiger partial charge in [-0.05, 0) is 35.7 Å². The van der Waals surface area contributed by atoms with Crippen LogP contribution in [0, 0.1) is 5.41 Å². The molecule has 0 bridgehead atoms. The summed E-state index contributed by atoms with van der Waals surface area (Å²) in [5, 5.41) is 13.9. The van der Waals surface area contributed by atoms with Crippen molar-refractivity contribution in [2.24, 2.45) is 5.41 Å². The Labute approximate surface area is 166 Å². The Morgan fingerprint density at radius 3 is 2.44 bits per heavy atom. The minimum absolute atomic E-state index is 0.0654. The summed E-state index contributed by atoms with van der Waals surface area (Å²) in [6.45, 7) is 6.71. The molecule has 0 atom stereocenters. The van der Waals surface area contributed by atoms with E-state index in [1.165, 1.54) is 4.57 Å². The number of carboxylic acid groups (broad SMARTS) is 1. The Hall–Kier alpha value is -2.24. The molecule has 27 heavy (non-hydrogen) atoms. The summed E-state index contributed by atoms with van der Waals surface area (Å²) >= 11 is 12.5. The Balaban J connectivity index is 2.34. The van der Waals surface area contributed by atoms with E-state index in [0.29, 0.717) is 21.8 Å². The first kappa shape index (κ1) is 19.5. The van der Waals surface area contributed by atoms with Crippen molar-refractivity contribution in [2.75, 3.05) is 11.9 Å². The van der Waals surface area contributed by atoms with Crippen molar-refractivity contribution in [3.63, 3.8) is 0 Å². The third kappa shape index (κ3) is 3.89. The molecule has 3 aromatic rings. The molecule has 5 nitrogen and oxygen atoms in total. The van der Waals surface area contributed by atoms with Gasteiger partial charge in [-0.2, -0.15) is 0 Å². The Morgan fingerprint density at radius 1 is 1.15 bits per heavy atom. The molecule has 0 aliphatic carbocycles. The van der Waals surface area contributed by atoms with Gasteiger partial charge in [0.1, 0.15) is 6.54 Å². The van der Waals surface area contributed by atoms with Crippen LogP contribution in [0.15, 0.2) is 35.1 Å². The summed E-state index contributed by atoms with van der Waals surface area (Å²) in [4.78, 5) is 24.4. The lowest BCUT2D eigenvalue weighted by Gasteiger charge is -2.20. The number of carboxylic acids is 1. The standard InChI is InChI=1S/C20H20Cl2N2O3/c1-20(2,3)10-23-11-4-5-12-15(8-11)24(9-16(25)26)18-13(19(12)27)6-7-14(21)17(18)22/h4-8,23H,9-10H2,1-3H3,(H,25,26). The molecule has 0 saturated carbocycles. The third-order valence-electron chi connectivity index (χ3n) is 4.23. The monoisotopic (exact) mass is 406 g/mol. The van der Waals surface area contributed by atoms with Crippen LogP contribution in [0.1, 0.15) is 20.8 Å². The maximum absolute atomic E-state index is 12.9. The molecule has 0 saturated heterocycles. The summed E-state index contributed by atoms with van der Waals surface area (Å²) in [5.41, 5.74) is 1.49. The van der Waals surface area contributed by atoms with Crippen molar-refractivity contribution >= 4 is 56.7 Å². The maximum Gasteiger partial charge on any atom is 0.323 e. The number of nitrogens with one attached hydrogen (secondary N) is 1. The van der Waals surface area contributed by atoms with E-state index in [9.17, 15) is 14.7 Å². The zero-order chi connectivity index (χ0) is 19.9. The number of fused-ring (bicyclic) bond motifs is 2. The fourth-order valence-electron chi connectivity index (χ4n) is 2.98. The Morgan fingerprint density at radius 2 is 1.81 bits per heavy atom. The first-order valence-electron chi connectivity index (χ1n) is 8.48. The highest BCUT2D eigenvalue weighted by Gasteiger charge is 2.18. The molecule has 142 valence electrons. The van der Waals surface area contributed by atoms with E-state index in [0.717, 1.165) is 12.2 Å². The largest absolute Gasteiger partial charge is 0.480 e. The van der Waals surface area contributed by atoms with Crippen LogP contribution in [-0.4, -0.2) is 22.2 Å². The second kappa shape index (κ2) is 7.06. The van der Waals surface area contributed by atoms with Crippen molar-refractivity contribution in [1.82, 2.24) is 4.57 Å². The van der Waals surface area contributed by atoms with Crippen LogP contribution in [0.25, 0.3) is 21.8 Å². The van der Waals surface area contributed by atoms with Gasteiger partial charge in [0.25, 0.3) is 0 Å². The predicted molar refractivity (Wildman–Crippen MR) is 111 cm³/mol. The number of halogens is 2. The molecular weight excluding hydrogens is 387 g/mol. The third-order valence-corrected chi connectivity index (χ3v) is 5.03. The number of hydrogen-bond acceptors (Lipinski definition) is 3. The van der Waals surface area contributed by atoms with Crippen molar-refractivity contribution in [3.8, 4) is 0 Å². The van der Waals surface area contributed by atoms with Gasteiger partial charge in [-0.15, -0.1) is 0 Å². The van der Waals surface area contributed by atoms with E-state index in [1.807, 2.05) is 6.07 Å². The van der Waals surface area contributed by atoms with E-state index in [1.54, 1.807) is 24.3 Å². The Kier molecular flexibility index (Phi) is 5.10. The van der Waals surface area contributed by atoms with Gasteiger partial charge in [0.2, 0.25) is 0 Å². The average molecular weight is 407 g/mol. The van der Waals surface area contributed by atoms with Gasteiger partial charge in [0.05, 0.1) is 21.1 Å². The van der Waals surface area contributed by atoms with E-state index in [4.69, 9.17) is 23.2 Å². The molecule has 0 fully saturated rings. The summed E-state index contributed by atoms with van der Waals surface area (Å²) in [5.74, 6) is -1.04. The summed E-state index contributed by atoms with van der Waals surface area (Å²) in [7, 11) is 0. The fourth-order valence-corrected chi connectivity index (χ4v) is 3.40. The van der Waals surface area contributed by atoms with Crippen LogP contribution < -0.4 is 10.7 Å². The number of hydrogen-bond donors (Lipinski definition) is 2. The first-order chi connectivity index (χ1) is 12.6. The van der Waals surface area contributed by atoms with Gasteiger partial charge in [-0.25, -0.2) is 0 Å². The molecule has 7 heteroatoms. The number of aliphatic carboxylic acids is 1. The van der Waals surface area contributed by atoms with Crippen molar-refractivity contribution in [3.05, 3.63) is 50.6 Å². The second-order valence-electron chi connectivity index (χ2n) is 7.71. The number of pyridine rings is 1. The zero-order valence-corrected chi connectivity index (χ0v) is 16.8. The molecule has 2 N–H and O–H groups in total. The highest BCUT2D eigenvalue weighted by atomic mass is 35.5. The summed E-state index contributed by atoms with van der Waals surface area (Å²) in [6, 6.07) is 8.44. The molecule has 0 unspecified atom stereocenters. The quantitative estimate of drug-likeness (QED) is 0.597. The highest BCUT2D eigenvalue weighted by molar-refractivity contribution is 6.45. The second-order valence-corrected chi connectivity index (χ2v) is 8.50. The minimum atomic E-state index is -1.04. The summed E-state index contributed by atoms with van der Waals surface area (Å²) < 4.78 is 1.53. The Bertz CT molecular complexity index is 1110. The average Bonchev–Trinajstić information content (AvgIpc) is 2.58. The lowest BCUT2D eigenvalue weighted by molar-refractivity contribution is -0.137. The van der Waals surface area contributed by atoms with Crippen LogP contribution >= 0.6 is 23.2 Å². The van der Waals surface area contributed by atoms with Crippen molar-refractivity contribution in [2.45, 2.75) is 27.3 Å². The van der Waals surface area contributed by atoms with E-state index in [-0.39, 0.29) is 27.4 Å². The fraction of sp³-hybridized carbons (Fsp3) is 0.300. The lowest BCUT2D eigenvalue weighted by atomic mass is 9.97. The van der Waals surface area contributed by atoms with Crippen LogP contribution in [0.3, 0.4) is 0 Å².